The highest BCUT2D eigenvalue weighted by molar-refractivity contribution is 7.89. The summed E-state index contributed by atoms with van der Waals surface area (Å²) in [7, 11) is -0.411. The molecule has 2 rings (SSSR count). The highest BCUT2D eigenvalue weighted by atomic mass is 32.2. The number of amides is 1. The van der Waals surface area contributed by atoms with Gasteiger partial charge in [-0.05, 0) is 25.0 Å². The topological polar surface area (TPSA) is 93.7 Å². The maximum atomic E-state index is 12.3. The van der Waals surface area contributed by atoms with E-state index in [1.165, 1.54) is 14.2 Å². The monoisotopic (exact) mass is 384 g/mol. The van der Waals surface area contributed by atoms with Gasteiger partial charge in [0.1, 0.15) is 11.5 Å². The summed E-state index contributed by atoms with van der Waals surface area (Å²) in [6, 6.07) is 4.84. The van der Waals surface area contributed by atoms with Crippen molar-refractivity contribution < 1.29 is 22.7 Å². The molecule has 0 heterocycles. The summed E-state index contributed by atoms with van der Waals surface area (Å²) in [5.74, 6) is 0.484. The first-order chi connectivity index (χ1) is 12.4. The molecule has 0 aromatic heterocycles. The lowest BCUT2D eigenvalue weighted by molar-refractivity contribution is 0.0955. The van der Waals surface area contributed by atoms with Gasteiger partial charge in [-0.25, -0.2) is 13.1 Å². The molecule has 1 saturated carbocycles. The number of benzene rings is 1. The Kier molecular flexibility index (Phi) is 7.71. The van der Waals surface area contributed by atoms with Gasteiger partial charge in [-0.1, -0.05) is 25.7 Å². The van der Waals surface area contributed by atoms with Crippen molar-refractivity contribution in [2.75, 3.05) is 26.5 Å². The zero-order valence-corrected chi connectivity index (χ0v) is 16.2. The quantitative estimate of drug-likeness (QED) is 0.669. The van der Waals surface area contributed by atoms with E-state index in [4.69, 9.17) is 9.47 Å². The highest BCUT2D eigenvalue weighted by Gasteiger charge is 2.19. The molecule has 0 atom stereocenters. The molecule has 1 aliphatic carbocycles. The molecule has 0 aliphatic heterocycles. The second kappa shape index (κ2) is 9.78. The van der Waals surface area contributed by atoms with Crippen LogP contribution in [0.5, 0.6) is 11.5 Å². The standard InChI is InChI=1S/C18H28N2O5S/c1-24-16-11-14(12-17(13-16)25-2)18(21)19-9-10-26(22,23)20-15-7-5-3-4-6-8-15/h11-13,15,20H,3-10H2,1-2H3,(H,19,21). The molecule has 8 heteroatoms. The summed E-state index contributed by atoms with van der Waals surface area (Å²) in [5, 5.41) is 2.64. The van der Waals surface area contributed by atoms with Gasteiger partial charge in [-0.2, -0.15) is 0 Å². The number of ether oxygens (including phenoxy) is 2. The summed E-state index contributed by atoms with van der Waals surface area (Å²) in [4.78, 5) is 12.3. The Bertz CT molecular complexity index is 675. The van der Waals surface area contributed by atoms with Crippen LogP contribution < -0.4 is 19.5 Å². The molecule has 7 nitrogen and oxygen atoms in total. The lowest BCUT2D eigenvalue weighted by Gasteiger charge is -2.16. The molecule has 0 bridgehead atoms. The van der Waals surface area contributed by atoms with Crippen LogP contribution in [0.1, 0.15) is 48.9 Å². The molecule has 2 N–H and O–H groups in total. The van der Waals surface area contributed by atoms with Crippen molar-refractivity contribution in [3.8, 4) is 11.5 Å². The third-order valence-corrected chi connectivity index (χ3v) is 5.91. The molecule has 0 radical (unpaired) electrons. The Hall–Kier alpha value is -1.80. The van der Waals surface area contributed by atoms with E-state index in [0.29, 0.717) is 17.1 Å². The smallest absolute Gasteiger partial charge is 0.251 e. The van der Waals surface area contributed by atoms with Crippen LogP contribution in [0.25, 0.3) is 0 Å². The van der Waals surface area contributed by atoms with Crippen LogP contribution in [0.2, 0.25) is 0 Å². The first-order valence-electron chi connectivity index (χ1n) is 8.95. The summed E-state index contributed by atoms with van der Waals surface area (Å²) in [5.41, 5.74) is 0.357. The molecule has 1 fully saturated rings. The van der Waals surface area contributed by atoms with Gasteiger partial charge in [0, 0.05) is 24.2 Å². The van der Waals surface area contributed by atoms with E-state index in [0.717, 1.165) is 38.5 Å². The summed E-state index contributed by atoms with van der Waals surface area (Å²) < 4.78 is 37.5. The van der Waals surface area contributed by atoms with Crippen molar-refractivity contribution in [2.45, 2.75) is 44.6 Å². The van der Waals surface area contributed by atoms with E-state index in [1.54, 1.807) is 18.2 Å². The Morgan fingerprint density at radius 2 is 1.62 bits per heavy atom. The summed E-state index contributed by atoms with van der Waals surface area (Å²) in [6.07, 6.45) is 6.21. The molecule has 0 unspecified atom stereocenters. The Morgan fingerprint density at radius 1 is 1.04 bits per heavy atom. The summed E-state index contributed by atoms with van der Waals surface area (Å²) in [6.45, 7) is 0.0421. The van der Waals surface area contributed by atoms with Gasteiger partial charge in [-0.3, -0.25) is 4.79 Å². The number of methoxy groups -OCH3 is 2. The second-order valence-corrected chi connectivity index (χ2v) is 8.36. The van der Waals surface area contributed by atoms with E-state index >= 15 is 0 Å². The minimum Gasteiger partial charge on any atom is -0.497 e. The molecular formula is C18H28N2O5S. The normalized spacial score (nSPS) is 15.9. The Labute approximate surface area is 155 Å². The predicted molar refractivity (Wildman–Crippen MR) is 100 cm³/mol. The minimum absolute atomic E-state index is 0.0147. The van der Waals surface area contributed by atoms with Crippen LogP contribution in [0.3, 0.4) is 0 Å². The lowest BCUT2D eigenvalue weighted by Crippen LogP contribution is -2.39. The first-order valence-corrected chi connectivity index (χ1v) is 10.6. The van der Waals surface area contributed by atoms with Crippen molar-refractivity contribution in [3.63, 3.8) is 0 Å². The summed E-state index contributed by atoms with van der Waals surface area (Å²) >= 11 is 0. The molecule has 1 aromatic rings. The van der Waals surface area contributed by atoms with Crippen LogP contribution in [-0.2, 0) is 10.0 Å². The molecule has 1 amide bonds. The molecule has 1 aliphatic rings. The zero-order chi connectivity index (χ0) is 19.0. The van der Waals surface area contributed by atoms with Crippen molar-refractivity contribution in [3.05, 3.63) is 23.8 Å². The molecule has 0 spiro atoms. The van der Waals surface area contributed by atoms with Gasteiger partial charge in [0.25, 0.3) is 5.91 Å². The van der Waals surface area contributed by atoms with Gasteiger partial charge in [0.05, 0.1) is 20.0 Å². The van der Waals surface area contributed by atoms with Crippen LogP contribution >= 0.6 is 0 Å². The van der Waals surface area contributed by atoms with Crippen LogP contribution in [-0.4, -0.2) is 46.9 Å². The molecular weight excluding hydrogens is 356 g/mol. The third kappa shape index (κ3) is 6.49. The highest BCUT2D eigenvalue weighted by Crippen LogP contribution is 2.22. The van der Waals surface area contributed by atoms with E-state index in [-0.39, 0.29) is 24.2 Å². The van der Waals surface area contributed by atoms with Gasteiger partial charge >= 0.3 is 0 Å². The fourth-order valence-electron chi connectivity index (χ4n) is 3.05. The van der Waals surface area contributed by atoms with Crippen LogP contribution in [0.4, 0.5) is 0 Å². The lowest BCUT2D eigenvalue weighted by atomic mass is 10.1. The van der Waals surface area contributed by atoms with Gasteiger partial charge in [-0.15, -0.1) is 0 Å². The fourth-order valence-corrected chi connectivity index (χ4v) is 4.28. The molecule has 0 saturated heterocycles. The van der Waals surface area contributed by atoms with Gasteiger partial charge in [0.15, 0.2) is 0 Å². The van der Waals surface area contributed by atoms with Gasteiger partial charge in [0.2, 0.25) is 10.0 Å². The number of carbonyl (C=O) groups is 1. The van der Waals surface area contributed by atoms with Crippen molar-refractivity contribution in [1.82, 2.24) is 10.0 Å². The first kappa shape index (κ1) is 20.5. The van der Waals surface area contributed by atoms with Crippen LogP contribution in [0.15, 0.2) is 18.2 Å². The van der Waals surface area contributed by atoms with Gasteiger partial charge < -0.3 is 14.8 Å². The second-order valence-electron chi connectivity index (χ2n) is 6.48. The fraction of sp³-hybridized carbons (Fsp3) is 0.611. The number of carbonyl (C=O) groups excluding carboxylic acids is 1. The zero-order valence-electron chi connectivity index (χ0n) is 15.4. The van der Waals surface area contributed by atoms with E-state index in [2.05, 4.69) is 10.0 Å². The third-order valence-electron chi connectivity index (χ3n) is 4.47. The number of nitrogens with one attached hydrogen (secondary N) is 2. The van der Waals surface area contributed by atoms with E-state index < -0.39 is 10.0 Å². The number of hydrogen-bond acceptors (Lipinski definition) is 5. The Balaban J connectivity index is 1.87. The van der Waals surface area contributed by atoms with Crippen molar-refractivity contribution >= 4 is 15.9 Å². The molecule has 1 aromatic carbocycles. The van der Waals surface area contributed by atoms with Crippen molar-refractivity contribution in [1.29, 1.82) is 0 Å². The average molecular weight is 384 g/mol. The average Bonchev–Trinajstić information content (AvgIpc) is 2.88. The predicted octanol–water partition coefficient (Wildman–Crippen LogP) is 2.08. The van der Waals surface area contributed by atoms with E-state index in [9.17, 15) is 13.2 Å². The largest absolute Gasteiger partial charge is 0.497 e. The van der Waals surface area contributed by atoms with Crippen LogP contribution in [0, 0.1) is 0 Å². The SMILES string of the molecule is COc1cc(OC)cc(C(=O)NCCS(=O)(=O)NC2CCCCCC2)c1. The van der Waals surface area contributed by atoms with E-state index in [1.807, 2.05) is 0 Å². The number of sulfonamides is 1. The Morgan fingerprint density at radius 3 is 2.15 bits per heavy atom. The maximum absolute atomic E-state index is 12.3. The molecule has 146 valence electrons. The molecule has 26 heavy (non-hydrogen) atoms. The minimum atomic E-state index is -3.42. The number of hydrogen-bond donors (Lipinski definition) is 2. The maximum Gasteiger partial charge on any atom is 0.251 e. The number of rotatable bonds is 8. The van der Waals surface area contributed by atoms with Crippen molar-refractivity contribution in [2.24, 2.45) is 0 Å².